The standard InChI is InChI=1S/C20H16N4OS/c1-25-15-6-4-12-2-3-13-10-21-20(24-19(13)16(12)9-15)23-14-5-7-17-18(8-14)26-11-22-17/h4-11H,2-3H2,1H3,(H,21,23,24). The van der Waals surface area contributed by atoms with Crippen molar-refractivity contribution in [3.8, 4) is 17.0 Å². The summed E-state index contributed by atoms with van der Waals surface area (Å²) < 4.78 is 6.53. The molecule has 26 heavy (non-hydrogen) atoms. The van der Waals surface area contributed by atoms with Gasteiger partial charge in [-0.15, -0.1) is 11.3 Å². The Bertz CT molecular complexity index is 1120. The topological polar surface area (TPSA) is 59.9 Å². The van der Waals surface area contributed by atoms with Gasteiger partial charge in [-0.1, -0.05) is 6.07 Å². The maximum absolute atomic E-state index is 5.39. The van der Waals surface area contributed by atoms with E-state index in [2.05, 4.69) is 33.5 Å². The highest BCUT2D eigenvalue weighted by atomic mass is 32.1. The Balaban J connectivity index is 1.53. The van der Waals surface area contributed by atoms with Gasteiger partial charge in [-0.3, -0.25) is 0 Å². The number of hydrogen-bond acceptors (Lipinski definition) is 6. The maximum Gasteiger partial charge on any atom is 0.227 e. The van der Waals surface area contributed by atoms with Gasteiger partial charge in [0.1, 0.15) is 5.75 Å². The van der Waals surface area contributed by atoms with Gasteiger partial charge in [0.05, 0.1) is 28.5 Å². The maximum atomic E-state index is 5.39. The molecule has 0 atom stereocenters. The lowest BCUT2D eigenvalue weighted by Gasteiger charge is -2.20. The first-order chi connectivity index (χ1) is 12.8. The first kappa shape index (κ1) is 15.3. The normalized spacial score (nSPS) is 12.5. The summed E-state index contributed by atoms with van der Waals surface area (Å²) in [5.41, 5.74) is 8.42. The summed E-state index contributed by atoms with van der Waals surface area (Å²) in [7, 11) is 1.69. The fraction of sp³-hybridized carbons (Fsp3) is 0.150. The van der Waals surface area contributed by atoms with E-state index in [1.807, 2.05) is 29.9 Å². The largest absolute Gasteiger partial charge is 0.497 e. The first-order valence-electron chi connectivity index (χ1n) is 8.43. The van der Waals surface area contributed by atoms with Crippen molar-refractivity contribution < 1.29 is 4.74 Å². The summed E-state index contributed by atoms with van der Waals surface area (Å²) in [6.07, 6.45) is 3.89. The Kier molecular flexibility index (Phi) is 3.57. The lowest BCUT2D eigenvalue weighted by Crippen LogP contribution is -2.09. The number of rotatable bonds is 3. The summed E-state index contributed by atoms with van der Waals surface area (Å²) in [5, 5.41) is 3.32. The average molecular weight is 360 g/mol. The van der Waals surface area contributed by atoms with Gasteiger partial charge in [0, 0.05) is 17.4 Å². The Morgan fingerprint density at radius 1 is 1.04 bits per heavy atom. The van der Waals surface area contributed by atoms with Gasteiger partial charge in [0.15, 0.2) is 0 Å². The molecule has 2 aromatic carbocycles. The molecule has 6 heteroatoms. The number of anilines is 2. The second kappa shape index (κ2) is 6.07. The second-order valence-corrected chi connectivity index (χ2v) is 7.14. The highest BCUT2D eigenvalue weighted by Crippen LogP contribution is 2.35. The van der Waals surface area contributed by atoms with Crippen LogP contribution in [0, 0.1) is 0 Å². The van der Waals surface area contributed by atoms with Gasteiger partial charge >= 0.3 is 0 Å². The van der Waals surface area contributed by atoms with Crippen molar-refractivity contribution in [3.05, 3.63) is 59.2 Å². The van der Waals surface area contributed by atoms with Crippen molar-refractivity contribution in [1.29, 1.82) is 0 Å². The Labute approximate surface area is 154 Å². The van der Waals surface area contributed by atoms with E-state index in [0.29, 0.717) is 5.95 Å². The molecule has 1 N–H and O–H groups in total. The van der Waals surface area contributed by atoms with Crippen LogP contribution in [0.2, 0.25) is 0 Å². The molecule has 0 unspecified atom stereocenters. The summed E-state index contributed by atoms with van der Waals surface area (Å²) in [5.74, 6) is 1.45. The minimum absolute atomic E-state index is 0.600. The molecule has 2 aromatic heterocycles. The lowest BCUT2D eigenvalue weighted by atomic mass is 9.90. The predicted octanol–water partition coefficient (Wildman–Crippen LogP) is 4.60. The van der Waals surface area contributed by atoms with Crippen molar-refractivity contribution in [3.63, 3.8) is 0 Å². The zero-order valence-electron chi connectivity index (χ0n) is 14.2. The monoisotopic (exact) mass is 360 g/mol. The number of fused-ring (bicyclic) bond motifs is 4. The number of methoxy groups -OCH3 is 1. The smallest absolute Gasteiger partial charge is 0.227 e. The molecule has 0 fully saturated rings. The van der Waals surface area contributed by atoms with Crippen LogP contribution in [0.25, 0.3) is 21.5 Å². The number of ether oxygens (including phenoxy) is 1. The van der Waals surface area contributed by atoms with Gasteiger partial charge in [-0.2, -0.15) is 0 Å². The predicted molar refractivity (Wildman–Crippen MR) is 104 cm³/mol. The van der Waals surface area contributed by atoms with E-state index in [4.69, 9.17) is 9.72 Å². The van der Waals surface area contributed by atoms with E-state index in [1.54, 1.807) is 18.4 Å². The zero-order chi connectivity index (χ0) is 17.5. The lowest BCUT2D eigenvalue weighted by molar-refractivity contribution is 0.415. The number of benzene rings is 2. The van der Waals surface area contributed by atoms with Crippen LogP contribution >= 0.6 is 11.3 Å². The number of hydrogen-bond donors (Lipinski definition) is 1. The highest BCUT2D eigenvalue weighted by molar-refractivity contribution is 7.16. The zero-order valence-corrected chi connectivity index (χ0v) is 15.0. The molecule has 0 bridgehead atoms. The molecular weight excluding hydrogens is 344 g/mol. The van der Waals surface area contributed by atoms with E-state index >= 15 is 0 Å². The number of aryl methyl sites for hydroxylation is 2. The quantitative estimate of drug-likeness (QED) is 0.578. The average Bonchev–Trinajstić information content (AvgIpc) is 3.15. The number of aromatic nitrogens is 3. The van der Waals surface area contributed by atoms with Crippen LogP contribution < -0.4 is 10.1 Å². The molecule has 1 aliphatic carbocycles. The van der Waals surface area contributed by atoms with E-state index < -0.39 is 0 Å². The van der Waals surface area contributed by atoms with Crippen molar-refractivity contribution in [2.45, 2.75) is 12.8 Å². The first-order valence-corrected chi connectivity index (χ1v) is 9.31. The van der Waals surface area contributed by atoms with Crippen LogP contribution in [0.4, 0.5) is 11.6 Å². The number of nitrogens with zero attached hydrogens (tertiary/aromatic N) is 3. The summed E-state index contributed by atoms with van der Waals surface area (Å²) in [6, 6.07) is 12.3. The fourth-order valence-electron chi connectivity index (χ4n) is 3.34. The van der Waals surface area contributed by atoms with Crippen LogP contribution in [0.1, 0.15) is 11.1 Å². The second-order valence-electron chi connectivity index (χ2n) is 6.25. The molecule has 0 spiro atoms. The molecule has 2 heterocycles. The van der Waals surface area contributed by atoms with Gasteiger partial charge in [0.2, 0.25) is 5.95 Å². The Morgan fingerprint density at radius 2 is 1.96 bits per heavy atom. The van der Waals surface area contributed by atoms with Crippen molar-refractivity contribution in [1.82, 2.24) is 15.0 Å². The summed E-state index contributed by atoms with van der Waals surface area (Å²) >= 11 is 1.62. The third-order valence-corrected chi connectivity index (χ3v) is 5.48. The fourth-order valence-corrected chi connectivity index (χ4v) is 4.05. The molecule has 5 nitrogen and oxygen atoms in total. The van der Waals surface area contributed by atoms with Crippen LogP contribution in [-0.2, 0) is 12.8 Å². The molecule has 128 valence electrons. The van der Waals surface area contributed by atoms with Crippen LogP contribution in [-0.4, -0.2) is 22.1 Å². The number of nitrogens with one attached hydrogen (secondary N) is 1. The van der Waals surface area contributed by atoms with Gasteiger partial charge < -0.3 is 10.1 Å². The molecule has 1 aliphatic rings. The van der Waals surface area contributed by atoms with Crippen LogP contribution in [0.15, 0.2) is 48.1 Å². The number of thiazole rings is 1. The van der Waals surface area contributed by atoms with Crippen molar-refractivity contribution >= 4 is 33.2 Å². The Hall–Kier alpha value is -2.99. The summed E-state index contributed by atoms with van der Waals surface area (Å²) in [4.78, 5) is 13.6. The van der Waals surface area contributed by atoms with E-state index in [-0.39, 0.29) is 0 Å². The van der Waals surface area contributed by atoms with Gasteiger partial charge in [-0.05, 0) is 54.3 Å². The molecule has 0 radical (unpaired) electrons. The van der Waals surface area contributed by atoms with Crippen molar-refractivity contribution in [2.75, 3.05) is 12.4 Å². The SMILES string of the molecule is COc1ccc2c(c1)-c1nc(Nc3ccc4ncsc4c3)ncc1CC2. The molecule has 0 saturated heterocycles. The van der Waals surface area contributed by atoms with Gasteiger partial charge in [-0.25, -0.2) is 15.0 Å². The molecule has 0 saturated carbocycles. The van der Waals surface area contributed by atoms with E-state index in [0.717, 1.165) is 45.8 Å². The summed E-state index contributed by atoms with van der Waals surface area (Å²) in [6.45, 7) is 0. The minimum atomic E-state index is 0.600. The van der Waals surface area contributed by atoms with Crippen LogP contribution in [0.3, 0.4) is 0 Å². The molecule has 0 amide bonds. The molecule has 0 aliphatic heterocycles. The minimum Gasteiger partial charge on any atom is -0.497 e. The Morgan fingerprint density at radius 3 is 2.88 bits per heavy atom. The third-order valence-electron chi connectivity index (χ3n) is 4.69. The third kappa shape index (κ3) is 2.59. The van der Waals surface area contributed by atoms with Crippen molar-refractivity contribution in [2.24, 2.45) is 0 Å². The molecule has 5 rings (SSSR count). The highest BCUT2D eigenvalue weighted by Gasteiger charge is 2.19. The molecule has 4 aromatic rings. The van der Waals surface area contributed by atoms with Gasteiger partial charge in [0.25, 0.3) is 0 Å². The van der Waals surface area contributed by atoms with E-state index in [9.17, 15) is 0 Å². The van der Waals surface area contributed by atoms with E-state index in [1.165, 1.54) is 11.1 Å². The molecular formula is C20H16N4OS. The van der Waals surface area contributed by atoms with Crippen LogP contribution in [0.5, 0.6) is 5.75 Å².